The molecule has 126 valence electrons. The van der Waals surface area contributed by atoms with Crippen molar-refractivity contribution in [3.05, 3.63) is 46.8 Å². The van der Waals surface area contributed by atoms with Crippen molar-refractivity contribution < 1.29 is 14.6 Å². The lowest BCUT2D eigenvalue weighted by Crippen LogP contribution is -2.52. The molecule has 7 nitrogen and oxygen atoms in total. The smallest absolute Gasteiger partial charge is 0.278 e. The topological polar surface area (TPSA) is 111 Å². The minimum atomic E-state index is -1.91. The van der Waals surface area contributed by atoms with Gasteiger partial charge in [-0.3, -0.25) is 0 Å². The van der Waals surface area contributed by atoms with Crippen LogP contribution in [0.1, 0.15) is 18.9 Å². The molecule has 7 heteroatoms. The van der Waals surface area contributed by atoms with E-state index in [-0.39, 0.29) is 18.0 Å². The molecule has 0 saturated heterocycles. The van der Waals surface area contributed by atoms with Crippen molar-refractivity contribution >= 4 is 11.3 Å². The maximum atomic E-state index is 11.0. The number of nitrogens with zero attached hydrogens (tertiary/aromatic N) is 3. The molecule has 0 radical (unpaired) electrons. The summed E-state index contributed by atoms with van der Waals surface area (Å²) >= 11 is 0. The Bertz CT molecular complexity index is 884. The van der Waals surface area contributed by atoms with E-state index in [1.807, 2.05) is 36.4 Å². The summed E-state index contributed by atoms with van der Waals surface area (Å²) in [4.78, 5) is 4.21. The molecule has 2 aliphatic heterocycles. The molecule has 0 spiro atoms. The molecule has 0 saturated carbocycles. The van der Waals surface area contributed by atoms with E-state index in [2.05, 4.69) is 10.3 Å². The van der Waals surface area contributed by atoms with Gasteiger partial charge in [-0.1, -0.05) is 12.1 Å². The SMILES string of the molecule is COc1ccc(C2=C3C(C)=NC(C#N)=C(C#N)NC3(O)OCC2)cc1. The lowest BCUT2D eigenvalue weighted by molar-refractivity contribution is -0.189. The summed E-state index contributed by atoms with van der Waals surface area (Å²) in [6, 6.07) is 11.1. The van der Waals surface area contributed by atoms with Crippen LogP contribution in [0.25, 0.3) is 5.57 Å². The highest BCUT2D eigenvalue weighted by Crippen LogP contribution is 2.37. The molecule has 1 aromatic rings. The fraction of sp³-hybridized carbons (Fsp3) is 0.278. The number of allylic oxidation sites excluding steroid dienone is 2. The molecular formula is C18H16N4O3. The Morgan fingerprint density at radius 3 is 2.60 bits per heavy atom. The highest BCUT2D eigenvalue weighted by atomic mass is 16.6. The molecule has 1 atom stereocenters. The zero-order valence-corrected chi connectivity index (χ0v) is 13.8. The minimum absolute atomic E-state index is 0.0898. The first kappa shape index (κ1) is 16.7. The molecule has 0 aliphatic carbocycles. The molecular weight excluding hydrogens is 320 g/mol. The fourth-order valence-corrected chi connectivity index (χ4v) is 3.02. The van der Waals surface area contributed by atoms with Crippen LogP contribution in [0.2, 0.25) is 0 Å². The van der Waals surface area contributed by atoms with Crippen LogP contribution in [0, 0.1) is 22.7 Å². The Labute approximate surface area is 145 Å². The summed E-state index contributed by atoms with van der Waals surface area (Å²) < 4.78 is 10.7. The summed E-state index contributed by atoms with van der Waals surface area (Å²) in [5.74, 6) is -1.19. The van der Waals surface area contributed by atoms with Gasteiger partial charge in [-0.25, -0.2) is 4.99 Å². The molecule has 2 heterocycles. The summed E-state index contributed by atoms with van der Waals surface area (Å²) in [5.41, 5.74) is 2.34. The number of rotatable bonds is 2. The highest BCUT2D eigenvalue weighted by Gasteiger charge is 2.43. The second-order valence-corrected chi connectivity index (χ2v) is 5.59. The van der Waals surface area contributed by atoms with E-state index in [0.29, 0.717) is 17.7 Å². The molecule has 25 heavy (non-hydrogen) atoms. The van der Waals surface area contributed by atoms with Crippen LogP contribution < -0.4 is 10.1 Å². The van der Waals surface area contributed by atoms with E-state index in [1.165, 1.54) is 0 Å². The Morgan fingerprint density at radius 1 is 1.28 bits per heavy atom. The highest BCUT2D eigenvalue weighted by molar-refractivity contribution is 6.07. The number of ether oxygens (including phenoxy) is 2. The van der Waals surface area contributed by atoms with Gasteiger partial charge >= 0.3 is 0 Å². The van der Waals surface area contributed by atoms with E-state index < -0.39 is 5.91 Å². The molecule has 3 rings (SSSR count). The Hall–Kier alpha value is -3.13. The molecule has 2 N–H and O–H groups in total. The van der Waals surface area contributed by atoms with E-state index >= 15 is 0 Å². The molecule has 2 aliphatic rings. The van der Waals surface area contributed by atoms with Crippen LogP contribution in [0.15, 0.2) is 46.2 Å². The third kappa shape index (κ3) is 2.87. The molecule has 0 fully saturated rings. The van der Waals surface area contributed by atoms with Crippen molar-refractivity contribution in [2.75, 3.05) is 13.7 Å². The van der Waals surface area contributed by atoms with Crippen LogP contribution in [0.5, 0.6) is 5.75 Å². The lowest BCUT2D eigenvalue weighted by Gasteiger charge is -2.36. The predicted octanol–water partition coefficient (Wildman–Crippen LogP) is 1.84. The van der Waals surface area contributed by atoms with Crippen molar-refractivity contribution in [1.29, 1.82) is 10.5 Å². The first-order chi connectivity index (χ1) is 12.0. The first-order valence-corrected chi connectivity index (χ1v) is 7.65. The number of fused-ring (bicyclic) bond motifs is 1. The van der Waals surface area contributed by atoms with Gasteiger partial charge in [0.1, 0.15) is 17.9 Å². The van der Waals surface area contributed by atoms with Crippen molar-refractivity contribution in [3.8, 4) is 17.9 Å². The lowest BCUT2D eigenvalue weighted by atomic mass is 9.90. The Morgan fingerprint density at radius 2 is 2.00 bits per heavy atom. The van der Waals surface area contributed by atoms with Gasteiger partial charge in [-0.2, -0.15) is 10.5 Å². The van der Waals surface area contributed by atoms with Crippen LogP contribution in [-0.4, -0.2) is 30.4 Å². The zero-order valence-electron chi connectivity index (χ0n) is 13.8. The summed E-state index contributed by atoms with van der Waals surface area (Å²) in [5, 5.41) is 32.1. The second kappa shape index (κ2) is 6.40. The molecule has 0 amide bonds. The number of benzene rings is 1. The Kier molecular flexibility index (Phi) is 4.28. The standard InChI is InChI=1S/C18H16N4O3/c1-11-17-14(12-3-5-13(24-2)6-4-12)7-8-25-18(17,23)22-16(10-20)15(9-19)21-11/h3-6,22-23H,7-8H2,1-2H3. The fourth-order valence-electron chi connectivity index (χ4n) is 3.02. The number of aliphatic imine (C=N–C) groups is 1. The van der Waals surface area contributed by atoms with Crippen LogP contribution in [0.3, 0.4) is 0 Å². The third-order valence-electron chi connectivity index (χ3n) is 4.13. The van der Waals surface area contributed by atoms with Crippen molar-refractivity contribution in [3.63, 3.8) is 0 Å². The normalized spacial score (nSPS) is 22.8. The van der Waals surface area contributed by atoms with Crippen LogP contribution in [-0.2, 0) is 4.74 Å². The summed E-state index contributed by atoms with van der Waals surface area (Å²) in [6.45, 7) is 1.93. The van der Waals surface area contributed by atoms with Gasteiger partial charge in [0.05, 0.1) is 19.3 Å². The van der Waals surface area contributed by atoms with E-state index in [0.717, 1.165) is 16.9 Å². The van der Waals surface area contributed by atoms with E-state index in [1.54, 1.807) is 14.0 Å². The Balaban J connectivity index is 2.20. The third-order valence-corrected chi connectivity index (χ3v) is 4.13. The predicted molar refractivity (Wildman–Crippen MR) is 89.9 cm³/mol. The monoisotopic (exact) mass is 336 g/mol. The number of hydrogen-bond donors (Lipinski definition) is 2. The molecule has 1 aromatic carbocycles. The van der Waals surface area contributed by atoms with Gasteiger partial charge in [-0.05, 0) is 36.6 Å². The van der Waals surface area contributed by atoms with Gasteiger partial charge in [0.2, 0.25) is 0 Å². The molecule has 0 aromatic heterocycles. The van der Waals surface area contributed by atoms with Gasteiger partial charge < -0.3 is 19.9 Å². The largest absolute Gasteiger partial charge is 0.497 e. The average molecular weight is 336 g/mol. The molecule has 0 bridgehead atoms. The van der Waals surface area contributed by atoms with Crippen molar-refractivity contribution in [1.82, 2.24) is 5.32 Å². The van der Waals surface area contributed by atoms with Gasteiger partial charge in [0.15, 0.2) is 11.4 Å². The summed E-state index contributed by atoms with van der Waals surface area (Å²) in [7, 11) is 1.59. The van der Waals surface area contributed by atoms with Gasteiger partial charge in [-0.15, -0.1) is 0 Å². The number of hydrogen-bond acceptors (Lipinski definition) is 7. The second-order valence-electron chi connectivity index (χ2n) is 5.59. The minimum Gasteiger partial charge on any atom is -0.497 e. The first-order valence-electron chi connectivity index (χ1n) is 7.65. The quantitative estimate of drug-likeness (QED) is 0.852. The average Bonchev–Trinajstić information content (AvgIpc) is 2.75. The van der Waals surface area contributed by atoms with Crippen molar-refractivity contribution in [2.24, 2.45) is 4.99 Å². The van der Waals surface area contributed by atoms with Crippen LogP contribution in [0.4, 0.5) is 0 Å². The van der Waals surface area contributed by atoms with Crippen molar-refractivity contribution in [2.45, 2.75) is 19.3 Å². The summed E-state index contributed by atoms with van der Waals surface area (Å²) in [6.07, 6.45) is 0.558. The maximum absolute atomic E-state index is 11.0. The number of methoxy groups -OCH3 is 1. The van der Waals surface area contributed by atoms with Gasteiger partial charge in [0, 0.05) is 5.71 Å². The number of aliphatic hydroxyl groups is 1. The van der Waals surface area contributed by atoms with Crippen LogP contribution >= 0.6 is 0 Å². The van der Waals surface area contributed by atoms with E-state index in [4.69, 9.17) is 9.47 Å². The maximum Gasteiger partial charge on any atom is 0.278 e. The number of nitrogens with one attached hydrogen (secondary N) is 1. The number of nitriles is 2. The molecule has 1 unspecified atom stereocenters. The van der Waals surface area contributed by atoms with Gasteiger partial charge in [0.25, 0.3) is 5.91 Å². The zero-order chi connectivity index (χ0) is 18.0. The van der Waals surface area contributed by atoms with E-state index in [9.17, 15) is 15.6 Å².